The second kappa shape index (κ2) is 6.02. The lowest BCUT2D eigenvalue weighted by Gasteiger charge is -2.40. The molecule has 1 amide bonds. The van der Waals surface area contributed by atoms with Crippen LogP contribution in [0, 0.1) is 5.41 Å². The van der Waals surface area contributed by atoms with Gasteiger partial charge in [0.05, 0.1) is 12.0 Å². The average molecular weight is 254 g/mol. The van der Waals surface area contributed by atoms with Gasteiger partial charge in [0.2, 0.25) is 5.91 Å². The molecular formula is C14H26N2O2. The topological polar surface area (TPSA) is 41.6 Å². The van der Waals surface area contributed by atoms with Gasteiger partial charge in [-0.2, -0.15) is 0 Å². The zero-order valence-electron chi connectivity index (χ0n) is 11.7. The van der Waals surface area contributed by atoms with Crippen LogP contribution >= 0.6 is 0 Å². The summed E-state index contributed by atoms with van der Waals surface area (Å²) in [5, 5.41) is 3.15. The minimum absolute atomic E-state index is 0.203. The monoisotopic (exact) mass is 254 g/mol. The number of amides is 1. The quantitative estimate of drug-likeness (QED) is 0.806. The second-order valence-corrected chi connectivity index (χ2v) is 5.91. The van der Waals surface area contributed by atoms with Gasteiger partial charge in [-0.3, -0.25) is 4.79 Å². The Balaban J connectivity index is 1.80. The minimum Gasteiger partial charge on any atom is -0.384 e. The Bertz CT molecular complexity index is 290. The number of nitrogens with zero attached hydrogens (tertiary/aromatic N) is 1. The summed E-state index contributed by atoms with van der Waals surface area (Å²) in [6.07, 6.45) is 6.89. The Labute approximate surface area is 110 Å². The van der Waals surface area contributed by atoms with E-state index in [1.54, 1.807) is 7.11 Å². The zero-order valence-corrected chi connectivity index (χ0v) is 11.7. The van der Waals surface area contributed by atoms with E-state index in [-0.39, 0.29) is 11.3 Å². The molecule has 0 aromatic rings. The van der Waals surface area contributed by atoms with Crippen molar-refractivity contribution in [2.75, 3.05) is 33.9 Å². The molecule has 1 aliphatic carbocycles. The molecule has 104 valence electrons. The average Bonchev–Trinajstić information content (AvgIpc) is 2.32. The molecule has 18 heavy (non-hydrogen) atoms. The van der Waals surface area contributed by atoms with Crippen LogP contribution in [0.25, 0.3) is 0 Å². The summed E-state index contributed by atoms with van der Waals surface area (Å²) in [6, 6.07) is 0.516. The largest absolute Gasteiger partial charge is 0.384 e. The summed E-state index contributed by atoms with van der Waals surface area (Å²) >= 11 is 0. The summed E-state index contributed by atoms with van der Waals surface area (Å²) in [6.45, 7) is 2.52. The van der Waals surface area contributed by atoms with Crippen LogP contribution in [0.3, 0.4) is 0 Å². The predicted molar refractivity (Wildman–Crippen MR) is 71.4 cm³/mol. The normalized spacial score (nSPS) is 27.6. The molecule has 0 bridgehead atoms. The smallest absolute Gasteiger partial charge is 0.228 e. The summed E-state index contributed by atoms with van der Waals surface area (Å²) in [5.41, 5.74) is -0.220. The van der Waals surface area contributed by atoms with Gasteiger partial charge in [0.15, 0.2) is 0 Å². The van der Waals surface area contributed by atoms with Crippen LogP contribution in [0.4, 0.5) is 0 Å². The molecule has 2 rings (SSSR count). The van der Waals surface area contributed by atoms with Crippen LogP contribution < -0.4 is 5.32 Å². The van der Waals surface area contributed by atoms with Crippen LogP contribution in [-0.2, 0) is 9.53 Å². The van der Waals surface area contributed by atoms with E-state index >= 15 is 0 Å². The highest BCUT2D eigenvalue weighted by molar-refractivity contribution is 5.83. The van der Waals surface area contributed by atoms with Gasteiger partial charge in [-0.15, -0.1) is 0 Å². The molecule has 1 heterocycles. The first-order valence-corrected chi connectivity index (χ1v) is 7.15. The number of piperidine rings is 1. The number of nitrogens with one attached hydrogen (secondary N) is 1. The maximum atomic E-state index is 12.3. The van der Waals surface area contributed by atoms with Crippen molar-refractivity contribution in [3.05, 3.63) is 0 Å². The molecule has 0 radical (unpaired) electrons. The molecule has 4 nitrogen and oxygen atoms in total. The Kier molecular flexibility index (Phi) is 4.62. The third-order valence-electron chi connectivity index (χ3n) is 4.63. The van der Waals surface area contributed by atoms with Gasteiger partial charge >= 0.3 is 0 Å². The van der Waals surface area contributed by atoms with Crippen LogP contribution in [0.5, 0.6) is 0 Å². The second-order valence-electron chi connectivity index (χ2n) is 5.91. The van der Waals surface area contributed by atoms with Gasteiger partial charge < -0.3 is 15.0 Å². The lowest BCUT2D eigenvalue weighted by molar-refractivity contribution is -0.140. The molecule has 2 aliphatic rings. The highest BCUT2D eigenvalue weighted by Gasteiger charge is 2.44. The third kappa shape index (κ3) is 2.86. The number of hydrogen-bond donors (Lipinski definition) is 1. The standard InChI is InChI=1S/C14H26N2O2/c1-16-9-4-3-6-12(16)10-15-13(17)14(11-18-2)7-5-8-14/h12H,3-11H2,1-2H3,(H,15,17)/t12-/m1/s1. The van der Waals surface area contributed by atoms with Gasteiger partial charge in [0.1, 0.15) is 0 Å². The van der Waals surface area contributed by atoms with E-state index < -0.39 is 0 Å². The van der Waals surface area contributed by atoms with Gasteiger partial charge in [-0.25, -0.2) is 0 Å². The summed E-state index contributed by atoms with van der Waals surface area (Å²) in [5.74, 6) is 0.203. The van der Waals surface area contributed by atoms with Crippen LogP contribution in [0.1, 0.15) is 38.5 Å². The first-order valence-electron chi connectivity index (χ1n) is 7.15. The molecule has 0 spiro atoms. The number of likely N-dealkylation sites (tertiary alicyclic amines) is 1. The predicted octanol–water partition coefficient (Wildman–Crippen LogP) is 1.40. The highest BCUT2D eigenvalue weighted by atomic mass is 16.5. The number of carbonyl (C=O) groups excluding carboxylic acids is 1. The SMILES string of the molecule is COCC1(C(=O)NC[C@H]2CCCCN2C)CCC1. The number of carbonyl (C=O) groups is 1. The lowest BCUT2D eigenvalue weighted by atomic mass is 9.68. The third-order valence-corrected chi connectivity index (χ3v) is 4.63. The van der Waals surface area contributed by atoms with E-state index in [2.05, 4.69) is 17.3 Å². The van der Waals surface area contributed by atoms with Crippen LogP contribution in [0.15, 0.2) is 0 Å². The molecule has 0 aromatic heterocycles. The van der Waals surface area contributed by atoms with Crippen LogP contribution in [0.2, 0.25) is 0 Å². The molecule has 0 aromatic carbocycles. The Hall–Kier alpha value is -0.610. The van der Waals surface area contributed by atoms with E-state index in [1.165, 1.54) is 19.3 Å². The van der Waals surface area contributed by atoms with Crippen molar-refractivity contribution in [2.45, 2.75) is 44.6 Å². The Morgan fingerprint density at radius 2 is 2.17 bits per heavy atom. The Morgan fingerprint density at radius 3 is 2.72 bits per heavy atom. The van der Waals surface area contributed by atoms with Crippen molar-refractivity contribution in [3.8, 4) is 0 Å². The fraction of sp³-hybridized carbons (Fsp3) is 0.929. The van der Waals surface area contributed by atoms with E-state index in [9.17, 15) is 4.79 Å². The van der Waals surface area contributed by atoms with Crippen molar-refractivity contribution in [3.63, 3.8) is 0 Å². The number of ether oxygens (including phenoxy) is 1. The van der Waals surface area contributed by atoms with E-state index in [0.29, 0.717) is 12.6 Å². The fourth-order valence-corrected chi connectivity index (χ4v) is 3.12. The molecule has 0 unspecified atom stereocenters. The first kappa shape index (κ1) is 13.8. The highest BCUT2D eigenvalue weighted by Crippen LogP contribution is 2.41. The van der Waals surface area contributed by atoms with Crippen molar-refractivity contribution in [1.29, 1.82) is 0 Å². The summed E-state index contributed by atoms with van der Waals surface area (Å²) in [7, 11) is 3.84. The number of rotatable bonds is 5. The first-order chi connectivity index (χ1) is 8.68. The number of likely N-dealkylation sites (N-methyl/N-ethyl adjacent to an activating group) is 1. The molecule has 1 atom stereocenters. The van der Waals surface area contributed by atoms with Crippen molar-refractivity contribution < 1.29 is 9.53 Å². The van der Waals surface area contributed by atoms with Crippen molar-refractivity contribution in [1.82, 2.24) is 10.2 Å². The maximum Gasteiger partial charge on any atom is 0.228 e. The molecule has 1 saturated carbocycles. The number of methoxy groups -OCH3 is 1. The van der Waals surface area contributed by atoms with E-state index in [1.807, 2.05) is 0 Å². The number of hydrogen-bond acceptors (Lipinski definition) is 3. The van der Waals surface area contributed by atoms with Gasteiger partial charge in [-0.05, 0) is 39.3 Å². The molecular weight excluding hydrogens is 228 g/mol. The van der Waals surface area contributed by atoms with Gasteiger partial charge in [0, 0.05) is 19.7 Å². The fourth-order valence-electron chi connectivity index (χ4n) is 3.12. The van der Waals surface area contributed by atoms with E-state index in [0.717, 1.165) is 32.4 Å². The lowest BCUT2D eigenvalue weighted by Crippen LogP contribution is -2.52. The molecule has 4 heteroatoms. The van der Waals surface area contributed by atoms with Crippen molar-refractivity contribution in [2.24, 2.45) is 5.41 Å². The minimum atomic E-state index is -0.220. The molecule has 1 aliphatic heterocycles. The molecule has 1 saturated heterocycles. The van der Waals surface area contributed by atoms with Crippen LogP contribution in [-0.4, -0.2) is 50.7 Å². The van der Waals surface area contributed by atoms with Crippen molar-refractivity contribution >= 4 is 5.91 Å². The van der Waals surface area contributed by atoms with Gasteiger partial charge in [-0.1, -0.05) is 12.8 Å². The summed E-state index contributed by atoms with van der Waals surface area (Å²) in [4.78, 5) is 14.6. The van der Waals surface area contributed by atoms with E-state index in [4.69, 9.17) is 4.74 Å². The zero-order chi connectivity index (χ0) is 13.0. The Morgan fingerprint density at radius 1 is 1.39 bits per heavy atom. The van der Waals surface area contributed by atoms with Gasteiger partial charge in [0.25, 0.3) is 0 Å². The summed E-state index contributed by atoms with van der Waals surface area (Å²) < 4.78 is 5.21. The maximum absolute atomic E-state index is 12.3. The molecule has 2 fully saturated rings. The molecule has 1 N–H and O–H groups in total.